The zero-order chi connectivity index (χ0) is 31.1. The summed E-state index contributed by atoms with van der Waals surface area (Å²) < 4.78 is 35.0. The predicted molar refractivity (Wildman–Crippen MR) is 160 cm³/mol. The average molecular weight is 601 g/mol. The number of aryl methyl sites for hydroxylation is 2. The summed E-state index contributed by atoms with van der Waals surface area (Å²) in [5.74, 6) is 0.698. The van der Waals surface area contributed by atoms with Gasteiger partial charge in [-0.2, -0.15) is 0 Å². The van der Waals surface area contributed by atoms with E-state index in [4.69, 9.17) is 15.5 Å². The number of carbonyl (C=O) groups excluding carboxylic acids is 1. The lowest BCUT2D eigenvalue weighted by molar-refractivity contribution is -0.0399. The summed E-state index contributed by atoms with van der Waals surface area (Å²) in [5, 5.41) is 21.6. The number of aromatic nitrogens is 4. The Labute approximate surface area is 250 Å². The Morgan fingerprint density at radius 1 is 0.953 bits per heavy atom. The number of halogens is 2. The normalized spacial score (nSPS) is 12.7. The van der Waals surface area contributed by atoms with Gasteiger partial charge in [0.25, 0.3) is 0 Å². The number of fused-ring (bicyclic) bond motifs is 2. The monoisotopic (exact) mass is 600 g/mol. The van der Waals surface area contributed by atoms with Crippen molar-refractivity contribution >= 4 is 28.2 Å². The van der Waals surface area contributed by atoms with E-state index >= 15 is 0 Å². The third-order valence-corrected chi connectivity index (χ3v) is 7.15. The van der Waals surface area contributed by atoms with E-state index in [2.05, 4.69) is 4.98 Å². The molecule has 43 heavy (non-hydrogen) atoms. The highest BCUT2D eigenvalue weighted by Gasteiger charge is 2.32. The van der Waals surface area contributed by atoms with Crippen molar-refractivity contribution in [1.29, 1.82) is 0 Å². The molecule has 4 rings (SSSR count). The fourth-order valence-electron chi connectivity index (χ4n) is 5.08. The Balaban J connectivity index is 1.73. The lowest BCUT2D eigenvalue weighted by Gasteiger charge is -2.31. The first-order valence-electron chi connectivity index (χ1n) is 14.7. The van der Waals surface area contributed by atoms with Gasteiger partial charge >= 0.3 is 6.09 Å². The van der Waals surface area contributed by atoms with Gasteiger partial charge in [0.2, 0.25) is 0 Å². The Bertz CT molecular complexity index is 1530. The van der Waals surface area contributed by atoms with E-state index in [9.17, 15) is 23.8 Å². The number of carbonyl (C=O) groups is 1. The number of rotatable bonds is 14. The van der Waals surface area contributed by atoms with Gasteiger partial charge in [-0.15, -0.1) is 0 Å². The van der Waals surface area contributed by atoms with Gasteiger partial charge in [-0.05, 0) is 81.8 Å². The number of nitrogens with two attached hydrogens (primary N) is 1. The third kappa shape index (κ3) is 7.67. The van der Waals surface area contributed by atoms with E-state index < -0.39 is 31.3 Å². The van der Waals surface area contributed by atoms with Crippen molar-refractivity contribution in [2.75, 3.05) is 13.3 Å². The van der Waals surface area contributed by atoms with Gasteiger partial charge in [0.05, 0.1) is 42.0 Å². The third-order valence-electron chi connectivity index (χ3n) is 7.15. The number of alkyl halides is 2. The van der Waals surface area contributed by atoms with Gasteiger partial charge in [-0.25, -0.2) is 14.8 Å². The molecule has 1 atom stereocenters. The minimum atomic E-state index is -1.49. The van der Waals surface area contributed by atoms with E-state index in [1.165, 1.54) is 4.90 Å². The maximum Gasteiger partial charge on any atom is 0.413 e. The fraction of sp³-hybridized carbons (Fsp3) is 0.516. The number of amides is 1. The first kappa shape index (κ1) is 32.3. The molecule has 0 fully saturated rings. The largest absolute Gasteiger partial charge is 0.444 e. The Morgan fingerprint density at radius 3 is 2.14 bits per heavy atom. The summed E-state index contributed by atoms with van der Waals surface area (Å²) >= 11 is 0. The molecule has 0 spiro atoms. The number of benzene rings is 2. The fourth-order valence-corrected chi connectivity index (χ4v) is 5.08. The zero-order valence-electron chi connectivity index (χ0n) is 25.1. The maximum absolute atomic E-state index is 13.5. The molecule has 234 valence electrons. The molecule has 0 saturated carbocycles. The smallest absolute Gasteiger partial charge is 0.413 e. The van der Waals surface area contributed by atoms with Crippen molar-refractivity contribution in [2.45, 2.75) is 91.1 Å². The van der Waals surface area contributed by atoms with Crippen LogP contribution >= 0.6 is 0 Å². The number of unbranched alkanes of at least 4 members (excludes halogenated alkanes) is 2. The van der Waals surface area contributed by atoms with Crippen LogP contribution < -0.4 is 5.73 Å². The van der Waals surface area contributed by atoms with Crippen LogP contribution in [-0.4, -0.2) is 59.3 Å². The summed E-state index contributed by atoms with van der Waals surface area (Å²) in [4.78, 5) is 24.0. The highest BCUT2D eigenvalue weighted by Crippen LogP contribution is 2.29. The molecule has 2 aromatic heterocycles. The summed E-state index contributed by atoms with van der Waals surface area (Å²) in [6.07, 6.45) is -0.340. The molecular formula is C31H42F2N6O4. The lowest BCUT2D eigenvalue weighted by Crippen LogP contribution is -2.39. The van der Waals surface area contributed by atoms with Gasteiger partial charge < -0.3 is 29.8 Å². The van der Waals surface area contributed by atoms with Gasteiger partial charge in [0.15, 0.2) is 12.1 Å². The van der Waals surface area contributed by atoms with Crippen LogP contribution in [0.2, 0.25) is 0 Å². The van der Waals surface area contributed by atoms with Gasteiger partial charge in [-0.1, -0.05) is 12.1 Å². The highest BCUT2D eigenvalue weighted by atomic mass is 19.1. The molecule has 0 aliphatic heterocycles. The minimum Gasteiger partial charge on any atom is -0.444 e. The van der Waals surface area contributed by atoms with Crippen LogP contribution in [0, 0.1) is 0 Å². The van der Waals surface area contributed by atoms with Crippen LogP contribution in [0.5, 0.6) is 0 Å². The predicted octanol–water partition coefficient (Wildman–Crippen LogP) is 5.26. The number of nitrogens with zero attached hydrogens (tertiary/aromatic N) is 5. The van der Waals surface area contributed by atoms with Crippen LogP contribution in [-0.2, 0) is 37.5 Å². The molecule has 1 unspecified atom stereocenters. The summed E-state index contributed by atoms with van der Waals surface area (Å²) in [7, 11) is 0. The molecule has 10 nitrogen and oxygen atoms in total. The molecule has 2 aromatic carbocycles. The summed E-state index contributed by atoms with van der Waals surface area (Å²) in [5.41, 5.74) is 9.27. The molecule has 0 aliphatic carbocycles. The number of imidazole rings is 2. The van der Waals surface area contributed by atoms with Crippen molar-refractivity contribution in [3.05, 3.63) is 59.2 Å². The molecule has 4 aromatic rings. The molecule has 12 heteroatoms. The van der Waals surface area contributed by atoms with E-state index in [0.29, 0.717) is 67.7 Å². The Kier molecular flexibility index (Phi) is 10.7. The van der Waals surface area contributed by atoms with Gasteiger partial charge in [0.1, 0.15) is 18.0 Å². The van der Waals surface area contributed by atoms with Crippen LogP contribution in [0.15, 0.2) is 36.4 Å². The Hall–Kier alpha value is -3.61. The summed E-state index contributed by atoms with van der Waals surface area (Å²) in [6.45, 7) is 5.29. The molecule has 0 saturated heterocycles. The van der Waals surface area contributed by atoms with E-state index in [1.54, 1.807) is 26.8 Å². The van der Waals surface area contributed by atoms with Crippen LogP contribution in [0.25, 0.3) is 22.1 Å². The van der Waals surface area contributed by atoms with Gasteiger partial charge in [-0.3, -0.25) is 13.7 Å². The molecule has 0 aliphatic rings. The molecule has 0 bridgehead atoms. The second-order valence-electron chi connectivity index (χ2n) is 11.6. The first-order valence-corrected chi connectivity index (χ1v) is 14.7. The number of aliphatic hydroxyl groups is 2. The second kappa shape index (κ2) is 14.2. The molecular weight excluding hydrogens is 558 g/mol. The van der Waals surface area contributed by atoms with Crippen molar-refractivity contribution in [3.63, 3.8) is 0 Å². The van der Waals surface area contributed by atoms with Gasteiger partial charge in [0, 0.05) is 19.6 Å². The number of ether oxygens (including phenoxy) is 1. The average Bonchev–Trinajstić information content (AvgIpc) is 3.52. The minimum absolute atomic E-state index is 0.0308. The van der Waals surface area contributed by atoms with E-state index in [1.807, 2.05) is 39.5 Å². The van der Waals surface area contributed by atoms with Crippen LogP contribution in [0.1, 0.15) is 75.5 Å². The Morgan fingerprint density at radius 2 is 1.53 bits per heavy atom. The van der Waals surface area contributed by atoms with Crippen molar-refractivity contribution < 1.29 is 28.5 Å². The highest BCUT2D eigenvalue weighted by molar-refractivity contribution is 5.78. The van der Waals surface area contributed by atoms with Crippen LogP contribution in [0.4, 0.5) is 13.6 Å². The SMILES string of the molecule is CC(C)(C)OC(=O)N(Cc1ccc2c(c1)nc(CO)n2CCCCF)C(O)c1nc2cc(CN)ccc2n1CCCCF. The molecule has 4 N–H and O–H groups in total. The van der Waals surface area contributed by atoms with Crippen molar-refractivity contribution in [1.82, 2.24) is 24.0 Å². The molecule has 2 heterocycles. The molecule has 0 radical (unpaired) electrons. The topological polar surface area (TPSA) is 132 Å². The number of hydrogen-bond acceptors (Lipinski definition) is 7. The van der Waals surface area contributed by atoms with Crippen molar-refractivity contribution in [3.8, 4) is 0 Å². The maximum atomic E-state index is 13.5. The zero-order valence-corrected chi connectivity index (χ0v) is 25.1. The van der Waals surface area contributed by atoms with E-state index in [0.717, 1.165) is 16.6 Å². The second-order valence-corrected chi connectivity index (χ2v) is 11.6. The lowest BCUT2D eigenvalue weighted by atomic mass is 10.1. The number of aliphatic hydroxyl groups excluding tert-OH is 2. The van der Waals surface area contributed by atoms with Crippen LogP contribution in [0.3, 0.4) is 0 Å². The molecule has 1 amide bonds. The summed E-state index contributed by atoms with van der Waals surface area (Å²) in [6, 6.07) is 11.0. The number of hydrogen-bond donors (Lipinski definition) is 3. The first-order chi connectivity index (χ1) is 20.6. The quantitative estimate of drug-likeness (QED) is 0.133. The van der Waals surface area contributed by atoms with Crippen molar-refractivity contribution in [2.24, 2.45) is 5.73 Å². The standard InChI is InChI=1S/C31H42F2N6O4/c1-31(2,3)43-30(42)39(19-22-9-11-25-23(17-22)35-27(20-40)37(25)14-6-4-12-32)29(41)28-36-24-16-21(18-34)8-10-26(24)38(28)15-7-5-13-33/h8-11,16-17,29,40-41H,4-7,12-15,18-20,34H2,1-3H3. The van der Waals surface area contributed by atoms with E-state index in [-0.39, 0.29) is 19.0 Å².